The standard InChI is InChI=1S/C14H15BrN4/c1-3-19-9-12(8-17-19)10(2)18-14-5-4-13(15)6-11(14)7-16/h4-6,8-10,18H,3H2,1-2H3. The number of rotatable bonds is 4. The lowest BCUT2D eigenvalue weighted by atomic mass is 10.1. The van der Waals surface area contributed by atoms with Crippen LogP contribution in [0.3, 0.4) is 0 Å². The quantitative estimate of drug-likeness (QED) is 0.934. The Hall–Kier alpha value is -1.80. The fraction of sp³-hybridized carbons (Fsp3) is 0.286. The van der Waals surface area contributed by atoms with Crippen LogP contribution in [0.25, 0.3) is 0 Å². The minimum atomic E-state index is 0.105. The third-order valence-electron chi connectivity index (χ3n) is 2.95. The molecule has 1 atom stereocenters. The van der Waals surface area contributed by atoms with E-state index >= 15 is 0 Å². The van der Waals surface area contributed by atoms with Gasteiger partial charge in [-0.25, -0.2) is 0 Å². The molecule has 0 saturated heterocycles. The molecule has 2 aromatic rings. The lowest BCUT2D eigenvalue weighted by molar-refractivity contribution is 0.658. The number of benzene rings is 1. The van der Waals surface area contributed by atoms with Crippen LogP contribution in [0.15, 0.2) is 35.1 Å². The average molecular weight is 319 g/mol. The molecule has 98 valence electrons. The molecule has 0 saturated carbocycles. The van der Waals surface area contributed by atoms with Crippen LogP contribution in [-0.2, 0) is 6.54 Å². The van der Waals surface area contributed by atoms with Crippen LogP contribution >= 0.6 is 15.9 Å². The molecular formula is C14H15BrN4. The first kappa shape index (κ1) is 13.6. The number of halogens is 1. The summed E-state index contributed by atoms with van der Waals surface area (Å²) in [6.45, 7) is 4.96. The van der Waals surface area contributed by atoms with Gasteiger partial charge in [-0.2, -0.15) is 10.4 Å². The summed E-state index contributed by atoms with van der Waals surface area (Å²) in [5.74, 6) is 0. The maximum Gasteiger partial charge on any atom is 0.101 e. The van der Waals surface area contributed by atoms with Crippen molar-refractivity contribution in [3.05, 3.63) is 46.2 Å². The van der Waals surface area contributed by atoms with Crippen molar-refractivity contribution < 1.29 is 0 Å². The molecule has 5 heteroatoms. The molecule has 0 radical (unpaired) electrons. The van der Waals surface area contributed by atoms with Crippen molar-refractivity contribution in [2.24, 2.45) is 0 Å². The number of nitrogens with zero attached hydrogens (tertiary/aromatic N) is 3. The Kier molecular flexibility index (Phi) is 4.23. The van der Waals surface area contributed by atoms with Crippen LogP contribution in [0.4, 0.5) is 5.69 Å². The summed E-state index contributed by atoms with van der Waals surface area (Å²) >= 11 is 3.37. The summed E-state index contributed by atoms with van der Waals surface area (Å²) in [7, 11) is 0. The van der Waals surface area contributed by atoms with Crippen LogP contribution in [0.1, 0.15) is 31.0 Å². The third-order valence-corrected chi connectivity index (χ3v) is 3.44. The van der Waals surface area contributed by atoms with Gasteiger partial charge in [0.2, 0.25) is 0 Å². The zero-order valence-electron chi connectivity index (χ0n) is 10.9. The van der Waals surface area contributed by atoms with Gasteiger partial charge in [0.15, 0.2) is 0 Å². The van der Waals surface area contributed by atoms with Gasteiger partial charge in [0.05, 0.1) is 23.5 Å². The maximum atomic E-state index is 9.14. The van der Waals surface area contributed by atoms with Crippen LogP contribution in [0.2, 0.25) is 0 Å². The Morgan fingerprint density at radius 3 is 2.95 bits per heavy atom. The molecule has 0 aliphatic heterocycles. The van der Waals surface area contributed by atoms with E-state index in [0.717, 1.165) is 22.3 Å². The largest absolute Gasteiger partial charge is 0.377 e. The van der Waals surface area contributed by atoms with Gasteiger partial charge in [-0.3, -0.25) is 4.68 Å². The first-order valence-electron chi connectivity index (χ1n) is 6.12. The van der Waals surface area contributed by atoms with Gasteiger partial charge in [0, 0.05) is 22.8 Å². The molecule has 0 spiro atoms. The van der Waals surface area contributed by atoms with Gasteiger partial charge in [0.25, 0.3) is 0 Å². The van der Waals surface area contributed by atoms with Crippen molar-refractivity contribution in [2.75, 3.05) is 5.32 Å². The van der Waals surface area contributed by atoms with Gasteiger partial charge in [0.1, 0.15) is 6.07 Å². The normalized spacial score (nSPS) is 11.9. The predicted molar refractivity (Wildman–Crippen MR) is 78.8 cm³/mol. The van der Waals surface area contributed by atoms with Crippen LogP contribution in [-0.4, -0.2) is 9.78 Å². The number of hydrogen-bond acceptors (Lipinski definition) is 3. The number of nitriles is 1. The number of nitrogens with one attached hydrogen (secondary N) is 1. The molecule has 1 heterocycles. The molecule has 1 N–H and O–H groups in total. The van der Waals surface area contributed by atoms with Gasteiger partial charge >= 0.3 is 0 Å². The van der Waals surface area contributed by atoms with Crippen LogP contribution < -0.4 is 5.32 Å². The summed E-state index contributed by atoms with van der Waals surface area (Å²) in [4.78, 5) is 0. The summed E-state index contributed by atoms with van der Waals surface area (Å²) in [6.07, 6.45) is 3.87. The first-order valence-corrected chi connectivity index (χ1v) is 6.92. The fourth-order valence-corrected chi connectivity index (χ4v) is 2.19. The summed E-state index contributed by atoms with van der Waals surface area (Å²) in [6, 6.07) is 7.94. The number of aryl methyl sites for hydroxylation is 1. The van der Waals surface area contributed by atoms with E-state index in [9.17, 15) is 0 Å². The van der Waals surface area contributed by atoms with Crippen molar-refractivity contribution in [2.45, 2.75) is 26.4 Å². The highest BCUT2D eigenvalue weighted by Gasteiger charge is 2.10. The molecule has 1 aromatic carbocycles. The molecule has 1 aromatic heterocycles. The Morgan fingerprint density at radius 1 is 1.53 bits per heavy atom. The summed E-state index contributed by atoms with van der Waals surface area (Å²) < 4.78 is 2.79. The lowest BCUT2D eigenvalue weighted by Crippen LogP contribution is -2.07. The second kappa shape index (κ2) is 5.89. The molecule has 0 aliphatic rings. The van der Waals surface area contributed by atoms with E-state index < -0.39 is 0 Å². The maximum absolute atomic E-state index is 9.14. The first-order chi connectivity index (χ1) is 9.13. The molecule has 0 bridgehead atoms. The van der Waals surface area contributed by atoms with Gasteiger partial charge in [-0.1, -0.05) is 15.9 Å². The smallest absolute Gasteiger partial charge is 0.101 e. The Bertz CT molecular complexity index is 612. The van der Waals surface area contributed by atoms with Gasteiger partial charge in [-0.15, -0.1) is 0 Å². The molecule has 1 unspecified atom stereocenters. The van der Waals surface area contributed by atoms with Crippen molar-refractivity contribution in [1.29, 1.82) is 5.26 Å². The molecule has 19 heavy (non-hydrogen) atoms. The third kappa shape index (κ3) is 3.15. The van der Waals surface area contributed by atoms with Crippen LogP contribution in [0.5, 0.6) is 0 Å². The van der Waals surface area contributed by atoms with E-state index in [0.29, 0.717) is 5.56 Å². The molecule has 0 aliphatic carbocycles. The summed E-state index contributed by atoms with van der Waals surface area (Å²) in [5, 5.41) is 16.7. The average Bonchev–Trinajstić information content (AvgIpc) is 2.89. The van der Waals surface area contributed by atoms with E-state index in [1.165, 1.54) is 0 Å². The molecule has 4 nitrogen and oxygen atoms in total. The SMILES string of the molecule is CCn1cc(C(C)Nc2ccc(Br)cc2C#N)cn1. The van der Waals surface area contributed by atoms with E-state index in [2.05, 4.69) is 46.3 Å². The zero-order valence-corrected chi connectivity index (χ0v) is 12.5. The Labute approximate surface area is 121 Å². The van der Waals surface area contributed by atoms with E-state index in [1.54, 1.807) is 0 Å². The Balaban J connectivity index is 2.19. The van der Waals surface area contributed by atoms with E-state index in [4.69, 9.17) is 5.26 Å². The summed E-state index contributed by atoms with van der Waals surface area (Å²) in [5.41, 5.74) is 2.57. The molecule has 0 fully saturated rings. The zero-order chi connectivity index (χ0) is 13.8. The van der Waals surface area contributed by atoms with E-state index in [1.807, 2.05) is 35.3 Å². The number of hydrogen-bond donors (Lipinski definition) is 1. The number of aromatic nitrogens is 2. The molecular weight excluding hydrogens is 304 g/mol. The minimum Gasteiger partial charge on any atom is -0.377 e. The highest BCUT2D eigenvalue weighted by Crippen LogP contribution is 2.24. The topological polar surface area (TPSA) is 53.6 Å². The Morgan fingerprint density at radius 2 is 2.32 bits per heavy atom. The fourth-order valence-electron chi connectivity index (χ4n) is 1.83. The van der Waals surface area contributed by atoms with Crippen LogP contribution in [0, 0.1) is 11.3 Å². The molecule has 0 amide bonds. The number of anilines is 1. The molecule has 2 rings (SSSR count). The second-order valence-corrected chi connectivity index (χ2v) is 5.21. The monoisotopic (exact) mass is 318 g/mol. The van der Waals surface area contributed by atoms with Gasteiger partial charge < -0.3 is 5.32 Å². The van der Waals surface area contributed by atoms with Crippen molar-refractivity contribution in [1.82, 2.24) is 9.78 Å². The highest BCUT2D eigenvalue weighted by atomic mass is 79.9. The van der Waals surface area contributed by atoms with Gasteiger partial charge in [-0.05, 0) is 32.0 Å². The minimum absolute atomic E-state index is 0.105. The van der Waals surface area contributed by atoms with Crippen molar-refractivity contribution in [3.63, 3.8) is 0 Å². The van der Waals surface area contributed by atoms with E-state index in [-0.39, 0.29) is 6.04 Å². The highest BCUT2D eigenvalue weighted by molar-refractivity contribution is 9.10. The van der Waals surface area contributed by atoms with Crippen molar-refractivity contribution >= 4 is 21.6 Å². The van der Waals surface area contributed by atoms with Crippen molar-refractivity contribution in [3.8, 4) is 6.07 Å². The lowest BCUT2D eigenvalue weighted by Gasteiger charge is -2.15. The predicted octanol–water partition coefficient (Wildman–Crippen LogP) is 3.71. The second-order valence-electron chi connectivity index (χ2n) is 4.30.